The summed E-state index contributed by atoms with van der Waals surface area (Å²) in [4.78, 5) is 28.6. The summed E-state index contributed by atoms with van der Waals surface area (Å²) in [5.74, 6) is 1.87. The fraction of sp³-hybridized carbons (Fsp3) is 0.476. The van der Waals surface area contributed by atoms with Gasteiger partial charge in [-0.05, 0) is 50.5 Å². The first-order valence-corrected chi connectivity index (χ1v) is 10.4. The summed E-state index contributed by atoms with van der Waals surface area (Å²) in [7, 11) is 0. The Labute approximate surface area is 171 Å². The van der Waals surface area contributed by atoms with Crippen LogP contribution >= 0.6 is 11.6 Å². The molecule has 6 nitrogen and oxygen atoms in total. The second-order valence-corrected chi connectivity index (χ2v) is 7.94. The van der Waals surface area contributed by atoms with Crippen LogP contribution in [-0.2, 0) is 0 Å². The lowest BCUT2D eigenvalue weighted by Crippen LogP contribution is -2.49. The van der Waals surface area contributed by atoms with E-state index in [2.05, 4.69) is 14.8 Å². The first kappa shape index (κ1) is 19.0. The molecule has 4 rings (SSSR count). The van der Waals surface area contributed by atoms with Gasteiger partial charge >= 0.3 is 0 Å². The van der Waals surface area contributed by atoms with Gasteiger partial charge in [0.05, 0.1) is 0 Å². The lowest BCUT2D eigenvalue weighted by molar-refractivity contribution is 0.0746. The van der Waals surface area contributed by atoms with Crippen molar-refractivity contribution in [2.24, 2.45) is 0 Å². The maximum atomic E-state index is 12.7. The summed E-state index contributed by atoms with van der Waals surface area (Å²) in [6.07, 6.45) is 3.70. The van der Waals surface area contributed by atoms with E-state index < -0.39 is 0 Å². The van der Waals surface area contributed by atoms with Crippen molar-refractivity contribution in [1.29, 1.82) is 0 Å². The first-order chi connectivity index (χ1) is 13.6. The molecule has 1 amide bonds. The monoisotopic (exact) mass is 399 g/mol. The Hall–Kier alpha value is -2.34. The van der Waals surface area contributed by atoms with Gasteiger partial charge in [0.15, 0.2) is 0 Å². The molecule has 0 atom stereocenters. The fourth-order valence-corrected chi connectivity index (χ4v) is 3.97. The lowest BCUT2D eigenvalue weighted by atomic mass is 10.1. The Kier molecular flexibility index (Phi) is 5.67. The van der Waals surface area contributed by atoms with E-state index in [0.29, 0.717) is 23.7 Å². The molecule has 2 aliphatic rings. The Morgan fingerprint density at radius 3 is 2.25 bits per heavy atom. The number of amides is 1. The van der Waals surface area contributed by atoms with Crippen LogP contribution in [0.25, 0.3) is 0 Å². The second-order valence-electron chi connectivity index (χ2n) is 7.50. The van der Waals surface area contributed by atoms with Crippen LogP contribution in [0, 0.1) is 6.92 Å². The van der Waals surface area contributed by atoms with Crippen LogP contribution in [0.4, 0.5) is 11.8 Å². The maximum absolute atomic E-state index is 12.7. The molecule has 28 heavy (non-hydrogen) atoms. The van der Waals surface area contributed by atoms with Gasteiger partial charge in [0.1, 0.15) is 5.82 Å². The Morgan fingerprint density at radius 1 is 0.893 bits per heavy atom. The van der Waals surface area contributed by atoms with Crippen LogP contribution in [0.1, 0.15) is 35.3 Å². The number of nitrogens with zero attached hydrogens (tertiary/aromatic N) is 5. The minimum atomic E-state index is 0.0594. The van der Waals surface area contributed by atoms with Gasteiger partial charge in [-0.3, -0.25) is 4.79 Å². The van der Waals surface area contributed by atoms with Crippen LogP contribution in [0.15, 0.2) is 30.3 Å². The molecule has 1 aromatic carbocycles. The molecule has 0 spiro atoms. The highest BCUT2D eigenvalue weighted by molar-refractivity contribution is 6.30. The van der Waals surface area contributed by atoms with Gasteiger partial charge in [-0.25, -0.2) is 4.98 Å². The van der Waals surface area contributed by atoms with Crippen molar-refractivity contribution in [2.75, 3.05) is 49.1 Å². The number of carbonyl (C=O) groups excluding carboxylic acids is 1. The zero-order valence-electron chi connectivity index (χ0n) is 16.3. The summed E-state index contributed by atoms with van der Waals surface area (Å²) in [5.41, 5.74) is 1.67. The number of halogens is 1. The van der Waals surface area contributed by atoms with Gasteiger partial charge in [0.25, 0.3) is 5.91 Å². The average molecular weight is 400 g/mol. The number of carbonyl (C=O) groups is 1. The smallest absolute Gasteiger partial charge is 0.253 e. The highest BCUT2D eigenvalue weighted by Gasteiger charge is 2.24. The largest absolute Gasteiger partial charge is 0.353 e. The summed E-state index contributed by atoms with van der Waals surface area (Å²) in [5, 5.41) is 0.644. The van der Waals surface area contributed by atoms with E-state index in [0.717, 1.165) is 43.6 Å². The molecule has 2 fully saturated rings. The minimum absolute atomic E-state index is 0.0594. The molecule has 2 aromatic rings. The lowest BCUT2D eigenvalue weighted by Gasteiger charge is -2.36. The topological polar surface area (TPSA) is 52.6 Å². The van der Waals surface area contributed by atoms with E-state index >= 15 is 0 Å². The minimum Gasteiger partial charge on any atom is -0.353 e. The van der Waals surface area contributed by atoms with E-state index in [-0.39, 0.29) is 5.91 Å². The molecular weight excluding hydrogens is 374 g/mol. The average Bonchev–Trinajstić information content (AvgIpc) is 2.74. The van der Waals surface area contributed by atoms with Crippen LogP contribution in [0.5, 0.6) is 0 Å². The molecule has 148 valence electrons. The number of anilines is 2. The number of rotatable bonds is 3. The van der Waals surface area contributed by atoms with Crippen LogP contribution in [0.2, 0.25) is 5.02 Å². The zero-order chi connectivity index (χ0) is 19.5. The molecule has 0 unspecified atom stereocenters. The molecule has 1 aromatic heterocycles. The van der Waals surface area contributed by atoms with Crippen molar-refractivity contribution >= 4 is 29.3 Å². The van der Waals surface area contributed by atoms with E-state index in [1.165, 1.54) is 19.3 Å². The molecule has 7 heteroatoms. The van der Waals surface area contributed by atoms with Crippen LogP contribution < -0.4 is 9.80 Å². The fourth-order valence-electron chi connectivity index (χ4n) is 3.85. The normalized spacial score (nSPS) is 17.7. The molecule has 0 aliphatic carbocycles. The van der Waals surface area contributed by atoms with Gasteiger partial charge in [-0.1, -0.05) is 11.6 Å². The summed E-state index contributed by atoms with van der Waals surface area (Å²) < 4.78 is 0. The number of piperazine rings is 1. The maximum Gasteiger partial charge on any atom is 0.253 e. The summed E-state index contributed by atoms with van der Waals surface area (Å²) in [6.45, 7) is 7.01. The van der Waals surface area contributed by atoms with Crippen molar-refractivity contribution < 1.29 is 4.79 Å². The zero-order valence-corrected chi connectivity index (χ0v) is 17.0. The number of aromatic nitrogens is 2. The predicted molar refractivity (Wildman–Crippen MR) is 112 cm³/mol. The van der Waals surface area contributed by atoms with Crippen LogP contribution in [-0.4, -0.2) is 60.0 Å². The molecule has 0 bridgehead atoms. The molecule has 0 N–H and O–H groups in total. The predicted octanol–water partition coefficient (Wildman–Crippen LogP) is 3.39. The molecule has 0 radical (unpaired) electrons. The third-order valence-electron chi connectivity index (χ3n) is 5.45. The first-order valence-electron chi connectivity index (χ1n) is 10.0. The number of piperidine rings is 1. The molecular formula is C21H26ClN5O. The SMILES string of the molecule is Cc1cc(N2CCN(C(=O)c3ccc(Cl)cc3)CC2)nc(N2CCCCC2)n1. The third-order valence-corrected chi connectivity index (χ3v) is 5.70. The molecule has 3 heterocycles. The van der Waals surface area contributed by atoms with E-state index in [1.807, 2.05) is 17.9 Å². The molecule has 0 saturated carbocycles. The quantitative estimate of drug-likeness (QED) is 0.791. The van der Waals surface area contributed by atoms with E-state index in [4.69, 9.17) is 16.6 Å². The summed E-state index contributed by atoms with van der Waals surface area (Å²) in [6, 6.07) is 9.14. The molecule has 2 saturated heterocycles. The number of hydrogen-bond donors (Lipinski definition) is 0. The van der Waals surface area contributed by atoms with Crippen molar-refractivity contribution in [1.82, 2.24) is 14.9 Å². The third kappa shape index (κ3) is 4.22. The summed E-state index contributed by atoms with van der Waals surface area (Å²) >= 11 is 5.92. The molecule has 2 aliphatic heterocycles. The van der Waals surface area contributed by atoms with Crippen molar-refractivity contribution in [3.05, 3.63) is 46.6 Å². The number of aryl methyl sites for hydroxylation is 1. The number of benzene rings is 1. The Balaban J connectivity index is 1.42. The Bertz CT molecular complexity index is 827. The second kappa shape index (κ2) is 8.35. The Morgan fingerprint density at radius 2 is 1.57 bits per heavy atom. The van der Waals surface area contributed by atoms with Gasteiger partial charge in [0.2, 0.25) is 5.95 Å². The van der Waals surface area contributed by atoms with Gasteiger partial charge in [0, 0.05) is 61.6 Å². The van der Waals surface area contributed by atoms with Crippen molar-refractivity contribution in [3.63, 3.8) is 0 Å². The standard InChI is InChI=1S/C21H26ClN5O/c1-16-15-19(24-21(23-16)27-9-3-2-4-10-27)25-11-13-26(14-12-25)20(28)17-5-7-18(22)8-6-17/h5-8,15H,2-4,9-14H2,1H3. The van der Waals surface area contributed by atoms with Gasteiger partial charge < -0.3 is 14.7 Å². The van der Waals surface area contributed by atoms with Crippen molar-refractivity contribution in [3.8, 4) is 0 Å². The van der Waals surface area contributed by atoms with E-state index in [1.54, 1.807) is 24.3 Å². The van der Waals surface area contributed by atoms with Gasteiger partial charge in [-0.15, -0.1) is 0 Å². The highest BCUT2D eigenvalue weighted by atomic mass is 35.5. The number of hydrogen-bond acceptors (Lipinski definition) is 5. The highest BCUT2D eigenvalue weighted by Crippen LogP contribution is 2.22. The van der Waals surface area contributed by atoms with Gasteiger partial charge in [-0.2, -0.15) is 4.98 Å². The van der Waals surface area contributed by atoms with E-state index in [9.17, 15) is 4.79 Å². The van der Waals surface area contributed by atoms with Crippen molar-refractivity contribution in [2.45, 2.75) is 26.2 Å². The van der Waals surface area contributed by atoms with Crippen LogP contribution in [0.3, 0.4) is 0 Å².